The molecule has 0 radical (unpaired) electrons. The Morgan fingerprint density at radius 3 is 2.19 bits per heavy atom. The summed E-state index contributed by atoms with van der Waals surface area (Å²) in [6, 6.07) is 24.7. The number of rotatable bonds is 6. The molecule has 4 N–H and O–H groups in total. The maximum Gasteiger partial charge on any atom is 0.323 e. The largest absolute Gasteiger partial charge is 0.370 e. The van der Waals surface area contributed by atoms with Gasteiger partial charge in [-0.15, -0.1) is 0 Å². The highest BCUT2D eigenvalue weighted by Crippen LogP contribution is 2.32. The van der Waals surface area contributed by atoms with E-state index >= 15 is 0 Å². The molecule has 0 aromatic heterocycles. The molecule has 32 heavy (non-hydrogen) atoms. The lowest BCUT2D eigenvalue weighted by Gasteiger charge is -2.35. The number of urea groups is 1. The molecule has 0 atom stereocenters. The van der Waals surface area contributed by atoms with E-state index in [1.54, 1.807) is 12.1 Å². The quantitative estimate of drug-likeness (QED) is 0.522. The predicted octanol–water partition coefficient (Wildman–Crippen LogP) is 4.89. The summed E-state index contributed by atoms with van der Waals surface area (Å²) >= 11 is 0. The number of anilines is 3. The van der Waals surface area contributed by atoms with Crippen LogP contribution in [0.15, 0.2) is 78.9 Å². The monoisotopic (exact) mass is 428 g/mol. The molecule has 6 heteroatoms. The molecule has 1 aliphatic heterocycles. The molecule has 164 valence electrons. The van der Waals surface area contributed by atoms with E-state index in [-0.39, 0.29) is 6.03 Å². The Kier molecular flexibility index (Phi) is 6.70. The van der Waals surface area contributed by atoms with Crippen molar-refractivity contribution >= 4 is 29.0 Å². The maximum atomic E-state index is 12.6. The topological polar surface area (TPSA) is 87.5 Å². The summed E-state index contributed by atoms with van der Waals surface area (Å²) in [6.07, 6.45) is 3.23. The van der Waals surface area contributed by atoms with Crippen molar-refractivity contribution in [2.24, 2.45) is 11.7 Å². The standard InChI is InChI=1S/C26H28N4O2/c27-25(31)21-11-12-24(23(18-21)29-26(32)28-22-9-5-2-6-10-22)30-15-13-20(14-16-30)17-19-7-3-1-4-8-19/h1-12,18,20H,13-17H2,(H2,27,31)(H2,28,29,32). The minimum Gasteiger partial charge on any atom is -0.370 e. The number of hydrogen-bond donors (Lipinski definition) is 3. The van der Waals surface area contributed by atoms with Crippen molar-refractivity contribution in [1.29, 1.82) is 0 Å². The first kappa shape index (κ1) is 21.4. The van der Waals surface area contributed by atoms with Gasteiger partial charge in [0, 0.05) is 24.3 Å². The number of primary amides is 1. The smallest absolute Gasteiger partial charge is 0.323 e. The number of piperidine rings is 1. The molecule has 0 saturated carbocycles. The van der Waals surface area contributed by atoms with Gasteiger partial charge < -0.3 is 21.3 Å². The number of para-hydroxylation sites is 1. The Hall–Kier alpha value is -3.80. The van der Waals surface area contributed by atoms with Crippen molar-refractivity contribution in [3.05, 3.63) is 90.0 Å². The summed E-state index contributed by atoms with van der Waals surface area (Å²) < 4.78 is 0. The third-order valence-corrected chi connectivity index (χ3v) is 5.88. The fourth-order valence-corrected chi connectivity index (χ4v) is 4.20. The van der Waals surface area contributed by atoms with Crippen LogP contribution < -0.4 is 21.3 Å². The highest BCUT2D eigenvalue weighted by Gasteiger charge is 2.22. The van der Waals surface area contributed by atoms with Crippen LogP contribution in [-0.2, 0) is 6.42 Å². The molecule has 4 rings (SSSR count). The molecular weight excluding hydrogens is 400 g/mol. The van der Waals surface area contributed by atoms with Crippen LogP contribution in [0, 0.1) is 5.92 Å². The van der Waals surface area contributed by atoms with Gasteiger partial charge in [0.1, 0.15) is 0 Å². The van der Waals surface area contributed by atoms with Gasteiger partial charge in [0.25, 0.3) is 0 Å². The molecule has 3 aromatic carbocycles. The Labute approximate surface area is 188 Å². The number of amides is 3. The fraction of sp³-hybridized carbons (Fsp3) is 0.231. The van der Waals surface area contributed by atoms with Crippen LogP contribution in [0.3, 0.4) is 0 Å². The van der Waals surface area contributed by atoms with Gasteiger partial charge in [0.05, 0.1) is 11.4 Å². The number of benzene rings is 3. The second kappa shape index (κ2) is 10.0. The van der Waals surface area contributed by atoms with Crippen LogP contribution in [0.4, 0.5) is 21.9 Å². The third kappa shape index (κ3) is 5.46. The first-order chi connectivity index (χ1) is 15.6. The minimum atomic E-state index is -0.523. The minimum absolute atomic E-state index is 0.363. The molecule has 1 heterocycles. The Morgan fingerprint density at radius 2 is 1.53 bits per heavy atom. The lowest BCUT2D eigenvalue weighted by Crippen LogP contribution is -2.35. The average molecular weight is 429 g/mol. The van der Waals surface area contributed by atoms with E-state index in [4.69, 9.17) is 5.73 Å². The van der Waals surface area contributed by atoms with Crippen LogP contribution in [-0.4, -0.2) is 25.0 Å². The van der Waals surface area contributed by atoms with Crippen molar-refractivity contribution in [3.8, 4) is 0 Å². The molecule has 1 saturated heterocycles. The molecule has 1 aliphatic rings. The summed E-state index contributed by atoms with van der Waals surface area (Å²) in [4.78, 5) is 26.6. The highest BCUT2D eigenvalue weighted by atomic mass is 16.2. The molecule has 0 unspecified atom stereocenters. The average Bonchev–Trinajstić information content (AvgIpc) is 2.81. The molecule has 3 amide bonds. The van der Waals surface area contributed by atoms with Gasteiger partial charge in [0.2, 0.25) is 5.91 Å². The van der Waals surface area contributed by atoms with Crippen LogP contribution in [0.25, 0.3) is 0 Å². The van der Waals surface area contributed by atoms with Gasteiger partial charge in [-0.2, -0.15) is 0 Å². The number of hydrogen-bond acceptors (Lipinski definition) is 3. The maximum absolute atomic E-state index is 12.6. The molecular formula is C26H28N4O2. The van der Waals surface area contributed by atoms with Gasteiger partial charge >= 0.3 is 6.03 Å². The van der Waals surface area contributed by atoms with E-state index < -0.39 is 5.91 Å². The van der Waals surface area contributed by atoms with Crippen LogP contribution in [0.1, 0.15) is 28.8 Å². The first-order valence-electron chi connectivity index (χ1n) is 10.9. The van der Waals surface area contributed by atoms with E-state index in [0.29, 0.717) is 22.9 Å². The van der Waals surface area contributed by atoms with Gasteiger partial charge in [-0.3, -0.25) is 4.79 Å². The van der Waals surface area contributed by atoms with Gasteiger partial charge in [-0.05, 0) is 61.1 Å². The molecule has 1 fully saturated rings. The summed E-state index contributed by atoms with van der Waals surface area (Å²) in [5.74, 6) is 0.112. The van der Waals surface area contributed by atoms with Crippen molar-refractivity contribution in [2.45, 2.75) is 19.3 Å². The third-order valence-electron chi connectivity index (χ3n) is 5.88. The summed E-state index contributed by atoms with van der Waals surface area (Å²) in [6.45, 7) is 1.78. The molecule has 0 aliphatic carbocycles. The van der Waals surface area contributed by atoms with Crippen molar-refractivity contribution in [3.63, 3.8) is 0 Å². The predicted molar refractivity (Wildman–Crippen MR) is 129 cm³/mol. The summed E-state index contributed by atoms with van der Waals surface area (Å²) in [5, 5.41) is 5.72. The van der Waals surface area contributed by atoms with Crippen molar-refractivity contribution in [2.75, 3.05) is 28.6 Å². The fourth-order valence-electron chi connectivity index (χ4n) is 4.20. The zero-order chi connectivity index (χ0) is 22.3. The SMILES string of the molecule is NC(=O)c1ccc(N2CCC(Cc3ccccc3)CC2)c(NC(=O)Nc2ccccc2)c1. The van der Waals surface area contributed by atoms with Gasteiger partial charge in [-0.25, -0.2) is 4.79 Å². The van der Waals surface area contributed by atoms with E-state index in [0.717, 1.165) is 38.0 Å². The molecule has 0 bridgehead atoms. The first-order valence-corrected chi connectivity index (χ1v) is 10.9. The zero-order valence-electron chi connectivity index (χ0n) is 18.0. The Morgan fingerprint density at radius 1 is 0.875 bits per heavy atom. The van der Waals surface area contributed by atoms with Crippen molar-refractivity contribution < 1.29 is 9.59 Å². The lowest BCUT2D eigenvalue weighted by atomic mass is 9.90. The van der Waals surface area contributed by atoms with Gasteiger partial charge in [-0.1, -0.05) is 48.5 Å². The second-order valence-corrected chi connectivity index (χ2v) is 8.16. The second-order valence-electron chi connectivity index (χ2n) is 8.16. The zero-order valence-corrected chi connectivity index (χ0v) is 18.0. The van der Waals surface area contributed by atoms with Crippen molar-refractivity contribution in [1.82, 2.24) is 0 Å². The number of nitrogens with two attached hydrogens (primary N) is 1. The van der Waals surface area contributed by atoms with E-state index in [1.165, 1.54) is 5.56 Å². The summed E-state index contributed by atoms with van der Waals surface area (Å²) in [5.41, 5.74) is 9.38. The number of carbonyl (C=O) groups excluding carboxylic acids is 2. The van der Waals surface area contributed by atoms with Crippen LogP contribution in [0.5, 0.6) is 0 Å². The van der Waals surface area contributed by atoms with E-state index in [1.807, 2.05) is 42.5 Å². The van der Waals surface area contributed by atoms with Crippen LogP contribution in [0.2, 0.25) is 0 Å². The number of nitrogens with zero attached hydrogens (tertiary/aromatic N) is 1. The molecule has 3 aromatic rings. The molecule has 6 nitrogen and oxygen atoms in total. The normalized spacial score (nSPS) is 14.1. The van der Waals surface area contributed by atoms with Gasteiger partial charge in [0.15, 0.2) is 0 Å². The lowest BCUT2D eigenvalue weighted by molar-refractivity contribution is 0.100. The van der Waals surface area contributed by atoms with E-state index in [2.05, 4.69) is 39.8 Å². The van der Waals surface area contributed by atoms with E-state index in [9.17, 15) is 9.59 Å². The van der Waals surface area contributed by atoms with Crippen LogP contribution >= 0.6 is 0 Å². The Bertz CT molecular complexity index is 1060. The molecule has 0 spiro atoms. The number of nitrogens with one attached hydrogen (secondary N) is 2. The Balaban J connectivity index is 1.46. The summed E-state index contributed by atoms with van der Waals surface area (Å²) in [7, 11) is 0. The highest BCUT2D eigenvalue weighted by molar-refractivity contribution is 6.03. The number of carbonyl (C=O) groups is 2.